The van der Waals surface area contributed by atoms with Crippen molar-refractivity contribution in [2.45, 2.75) is 38.5 Å². The lowest BCUT2D eigenvalue weighted by molar-refractivity contribution is -0.145. The van der Waals surface area contributed by atoms with Crippen LogP contribution in [0.4, 0.5) is 13.9 Å². The van der Waals surface area contributed by atoms with E-state index in [0.717, 1.165) is 17.7 Å². The minimum absolute atomic E-state index is 0.269. The van der Waals surface area contributed by atoms with Gasteiger partial charge in [0, 0.05) is 4.88 Å². The number of alkyl halides is 2. The zero-order chi connectivity index (χ0) is 13.8. The molecule has 1 aliphatic rings. The second kappa shape index (κ2) is 6.27. The van der Waals surface area contributed by atoms with Gasteiger partial charge >= 0.3 is 5.97 Å². The first kappa shape index (κ1) is 14.2. The van der Waals surface area contributed by atoms with E-state index in [0.29, 0.717) is 23.9 Å². The lowest BCUT2D eigenvalue weighted by atomic mass is 9.91. The quantitative estimate of drug-likeness (QED) is 0.847. The second-order valence-corrected chi connectivity index (χ2v) is 5.38. The highest BCUT2D eigenvalue weighted by Crippen LogP contribution is 2.37. The summed E-state index contributed by atoms with van der Waals surface area (Å²) in [6, 6.07) is 0. The van der Waals surface area contributed by atoms with E-state index in [1.54, 1.807) is 6.92 Å². The molecule has 1 unspecified atom stereocenters. The number of fused-ring (bicyclic) bond motifs is 1. The third kappa shape index (κ3) is 3.40. The molecule has 1 N–H and O–H groups in total. The summed E-state index contributed by atoms with van der Waals surface area (Å²) in [5.74, 6) is -0.615. The molecule has 2 rings (SSSR count). The predicted octanol–water partition coefficient (Wildman–Crippen LogP) is 2.80. The molecule has 4 nitrogen and oxygen atoms in total. The summed E-state index contributed by atoms with van der Waals surface area (Å²) >= 11 is 1.35. The molecule has 0 saturated carbocycles. The smallest absolute Gasteiger partial charge is 0.315 e. The maximum absolute atomic E-state index is 12.1. The number of aromatic nitrogens is 1. The van der Waals surface area contributed by atoms with Crippen LogP contribution in [0.1, 0.15) is 36.3 Å². The molecule has 19 heavy (non-hydrogen) atoms. The number of nitrogens with one attached hydrogen (secondary N) is 1. The normalized spacial score (nSPS) is 18.2. The zero-order valence-corrected chi connectivity index (χ0v) is 11.4. The van der Waals surface area contributed by atoms with Crippen molar-refractivity contribution in [1.82, 2.24) is 4.98 Å². The van der Waals surface area contributed by atoms with Crippen LogP contribution in [-0.2, 0) is 16.0 Å². The van der Waals surface area contributed by atoms with Crippen molar-refractivity contribution in [2.24, 2.45) is 0 Å². The molecule has 1 aromatic heterocycles. The van der Waals surface area contributed by atoms with Gasteiger partial charge < -0.3 is 10.1 Å². The molecule has 7 heteroatoms. The molecule has 1 aromatic rings. The maximum atomic E-state index is 12.1. The monoisotopic (exact) mass is 290 g/mol. The Labute approximate surface area is 114 Å². The van der Waals surface area contributed by atoms with E-state index in [1.165, 1.54) is 11.3 Å². The van der Waals surface area contributed by atoms with Gasteiger partial charge in [-0.2, -0.15) is 0 Å². The number of carbonyl (C=O) groups is 1. The molecule has 0 bridgehead atoms. The van der Waals surface area contributed by atoms with Gasteiger partial charge in [0.1, 0.15) is 5.92 Å². The number of carbonyl (C=O) groups excluding carboxylic acids is 1. The first-order valence-electron chi connectivity index (χ1n) is 6.30. The molecule has 0 amide bonds. The predicted molar refractivity (Wildman–Crippen MR) is 68.9 cm³/mol. The number of hydrogen-bond acceptors (Lipinski definition) is 5. The largest absolute Gasteiger partial charge is 0.465 e. The van der Waals surface area contributed by atoms with Crippen molar-refractivity contribution >= 4 is 22.4 Å². The Morgan fingerprint density at radius 3 is 3.11 bits per heavy atom. The number of hydrogen-bond donors (Lipinski definition) is 1. The Morgan fingerprint density at radius 2 is 2.42 bits per heavy atom. The fourth-order valence-electron chi connectivity index (χ4n) is 2.13. The van der Waals surface area contributed by atoms with E-state index in [4.69, 9.17) is 4.74 Å². The van der Waals surface area contributed by atoms with Crippen molar-refractivity contribution in [3.63, 3.8) is 0 Å². The van der Waals surface area contributed by atoms with Gasteiger partial charge in [0.15, 0.2) is 5.13 Å². The Balaban J connectivity index is 2.12. The van der Waals surface area contributed by atoms with Gasteiger partial charge in [-0.15, -0.1) is 11.3 Å². The fraction of sp³-hybridized carbons (Fsp3) is 0.667. The minimum Gasteiger partial charge on any atom is -0.465 e. The highest BCUT2D eigenvalue weighted by atomic mass is 32.1. The summed E-state index contributed by atoms with van der Waals surface area (Å²) in [5.41, 5.74) is 0.700. The van der Waals surface area contributed by atoms with E-state index in [9.17, 15) is 13.6 Å². The molecule has 0 fully saturated rings. The molecule has 0 radical (unpaired) electrons. The number of nitrogens with zero attached hydrogens (tertiary/aromatic N) is 1. The number of rotatable bonds is 5. The topological polar surface area (TPSA) is 51.2 Å². The van der Waals surface area contributed by atoms with Gasteiger partial charge in [-0.3, -0.25) is 4.79 Å². The number of aryl methyl sites for hydroxylation is 1. The molecule has 0 aliphatic heterocycles. The fourth-order valence-corrected chi connectivity index (χ4v) is 3.20. The maximum Gasteiger partial charge on any atom is 0.315 e. The molecular formula is C12H16F2N2O2S. The van der Waals surface area contributed by atoms with Crippen molar-refractivity contribution in [3.05, 3.63) is 10.6 Å². The Kier molecular flexibility index (Phi) is 4.68. The van der Waals surface area contributed by atoms with Crippen LogP contribution in [0.3, 0.4) is 0 Å². The number of ether oxygens (including phenoxy) is 1. The lowest BCUT2D eigenvalue weighted by Gasteiger charge is -2.19. The summed E-state index contributed by atoms with van der Waals surface area (Å²) in [6.07, 6.45) is 0.0394. The van der Waals surface area contributed by atoms with Crippen LogP contribution in [0.15, 0.2) is 0 Å². The molecular weight excluding hydrogens is 274 g/mol. The summed E-state index contributed by atoms with van der Waals surface area (Å²) in [6.45, 7) is 1.68. The molecule has 0 aromatic carbocycles. The van der Waals surface area contributed by atoms with Gasteiger partial charge in [0.2, 0.25) is 0 Å². The van der Waals surface area contributed by atoms with Crippen LogP contribution in [-0.4, -0.2) is 30.5 Å². The molecule has 0 saturated heterocycles. The van der Waals surface area contributed by atoms with Gasteiger partial charge in [-0.1, -0.05) is 0 Å². The highest BCUT2D eigenvalue weighted by Gasteiger charge is 2.31. The molecule has 0 spiro atoms. The van der Waals surface area contributed by atoms with Crippen LogP contribution in [0.5, 0.6) is 0 Å². The zero-order valence-electron chi connectivity index (χ0n) is 10.6. The SMILES string of the molecule is CCOC(=O)C1CCCc2sc(NCC(F)F)nc21. The first-order chi connectivity index (χ1) is 9.11. The Morgan fingerprint density at radius 1 is 1.63 bits per heavy atom. The van der Waals surface area contributed by atoms with Crippen LogP contribution in [0.2, 0.25) is 0 Å². The third-order valence-corrected chi connectivity index (χ3v) is 4.02. The van der Waals surface area contributed by atoms with Crippen LogP contribution < -0.4 is 5.32 Å². The van der Waals surface area contributed by atoms with Crippen LogP contribution in [0.25, 0.3) is 0 Å². The summed E-state index contributed by atoms with van der Waals surface area (Å²) in [5, 5.41) is 3.06. The number of halogens is 2. The van der Waals surface area contributed by atoms with E-state index < -0.39 is 13.0 Å². The van der Waals surface area contributed by atoms with Gasteiger partial charge in [-0.05, 0) is 26.2 Å². The van der Waals surface area contributed by atoms with E-state index in [-0.39, 0.29) is 11.9 Å². The molecule has 1 aliphatic carbocycles. The lowest BCUT2D eigenvalue weighted by Crippen LogP contribution is -2.20. The average molecular weight is 290 g/mol. The highest BCUT2D eigenvalue weighted by molar-refractivity contribution is 7.15. The number of anilines is 1. The number of esters is 1. The second-order valence-electron chi connectivity index (χ2n) is 4.30. The first-order valence-corrected chi connectivity index (χ1v) is 7.11. The number of thiazole rings is 1. The van der Waals surface area contributed by atoms with Crippen molar-refractivity contribution in [2.75, 3.05) is 18.5 Å². The van der Waals surface area contributed by atoms with E-state index >= 15 is 0 Å². The summed E-state index contributed by atoms with van der Waals surface area (Å²) in [4.78, 5) is 17.1. The van der Waals surface area contributed by atoms with Gasteiger partial charge in [0.05, 0.1) is 18.8 Å². The molecule has 1 heterocycles. The summed E-state index contributed by atoms with van der Waals surface area (Å²) in [7, 11) is 0. The van der Waals surface area contributed by atoms with E-state index in [2.05, 4.69) is 10.3 Å². The molecule has 106 valence electrons. The minimum atomic E-state index is -2.42. The van der Waals surface area contributed by atoms with Crippen molar-refractivity contribution < 1.29 is 18.3 Å². The van der Waals surface area contributed by atoms with E-state index in [1.807, 2.05) is 0 Å². The standard InChI is InChI=1S/C12H16F2N2O2S/c1-2-18-11(17)7-4-3-5-8-10(7)16-12(19-8)15-6-9(13)14/h7,9H,2-6H2,1H3,(H,15,16). The van der Waals surface area contributed by atoms with Crippen molar-refractivity contribution in [3.8, 4) is 0 Å². The van der Waals surface area contributed by atoms with Crippen LogP contribution >= 0.6 is 11.3 Å². The Bertz CT molecular complexity index is 451. The Hall–Kier alpha value is -1.24. The van der Waals surface area contributed by atoms with Gasteiger partial charge in [0.25, 0.3) is 6.43 Å². The van der Waals surface area contributed by atoms with Crippen molar-refractivity contribution in [1.29, 1.82) is 0 Å². The third-order valence-electron chi connectivity index (χ3n) is 2.93. The van der Waals surface area contributed by atoms with Gasteiger partial charge in [-0.25, -0.2) is 13.8 Å². The summed E-state index contributed by atoms with van der Waals surface area (Å²) < 4.78 is 29.3. The molecule has 1 atom stereocenters. The van der Waals surface area contributed by atoms with Crippen LogP contribution in [0, 0.1) is 0 Å². The average Bonchev–Trinajstić information content (AvgIpc) is 2.79.